The van der Waals surface area contributed by atoms with Gasteiger partial charge in [0.2, 0.25) is 0 Å². The van der Waals surface area contributed by atoms with Gasteiger partial charge in [-0.1, -0.05) is 6.92 Å². The first-order chi connectivity index (χ1) is 10.2. The van der Waals surface area contributed by atoms with Gasteiger partial charge in [0, 0.05) is 19.1 Å². The summed E-state index contributed by atoms with van der Waals surface area (Å²) in [6.45, 7) is 13.2. The molecule has 4 nitrogen and oxygen atoms in total. The summed E-state index contributed by atoms with van der Waals surface area (Å²) in [5.74, 6) is 0.605. The molecule has 1 N–H and O–H groups in total. The fourth-order valence-corrected chi connectivity index (χ4v) is 3.17. The number of nitrogens with one attached hydrogen (secondary N) is 1. The van der Waals surface area contributed by atoms with Crippen molar-refractivity contribution in [3.05, 3.63) is 0 Å². The third-order valence-corrected chi connectivity index (χ3v) is 5.26. The van der Waals surface area contributed by atoms with E-state index in [1.807, 2.05) is 25.7 Å². The van der Waals surface area contributed by atoms with Gasteiger partial charge in [0.15, 0.2) is 0 Å². The molecule has 1 saturated carbocycles. The maximum atomic E-state index is 12.2. The number of ether oxygens (including phenoxy) is 1. The van der Waals surface area contributed by atoms with E-state index in [1.165, 1.54) is 19.3 Å². The molecule has 2 aliphatic rings. The molecule has 1 saturated heterocycles. The second-order valence-corrected chi connectivity index (χ2v) is 8.55. The molecule has 1 amide bonds. The lowest BCUT2D eigenvalue weighted by Gasteiger charge is -2.34. The van der Waals surface area contributed by atoms with Gasteiger partial charge in [-0.05, 0) is 77.7 Å². The zero-order valence-electron chi connectivity index (χ0n) is 15.1. The average Bonchev–Trinajstić information content (AvgIpc) is 3.16. The smallest absolute Gasteiger partial charge is 0.410 e. The van der Waals surface area contributed by atoms with Crippen LogP contribution in [0.25, 0.3) is 0 Å². The van der Waals surface area contributed by atoms with Crippen LogP contribution in [0, 0.1) is 11.3 Å². The number of hydrogen-bond acceptors (Lipinski definition) is 3. The molecule has 0 radical (unpaired) electrons. The largest absolute Gasteiger partial charge is 0.444 e. The van der Waals surface area contributed by atoms with Crippen LogP contribution in [-0.4, -0.2) is 42.3 Å². The Balaban J connectivity index is 1.70. The maximum absolute atomic E-state index is 12.2. The zero-order chi connectivity index (χ0) is 16.4. The topological polar surface area (TPSA) is 41.6 Å². The van der Waals surface area contributed by atoms with Gasteiger partial charge in [-0.3, -0.25) is 0 Å². The quantitative estimate of drug-likeness (QED) is 0.839. The Morgan fingerprint density at radius 1 is 1.41 bits per heavy atom. The second-order valence-electron chi connectivity index (χ2n) is 8.55. The predicted molar refractivity (Wildman–Crippen MR) is 90.0 cm³/mol. The van der Waals surface area contributed by atoms with E-state index >= 15 is 0 Å². The van der Waals surface area contributed by atoms with E-state index in [0.29, 0.717) is 17.4 Å². The monoisotopic (exact) mass is 310 g/mol. The lowest BCUT2D eigenvalue weighted by molar-refractivity contribution is 0.0161. The van der Waals surface area contributed by atoms with Gasteiger partial charge < -0.3 is 15.0 Å². The van der Waals surface area contributed by atoms with Crippen molar-refractivity contribution in [2.45, 2.75) is 78.4 Å². The van der Waals surface area contributed by atoms with Crippen molar-refractivity contribution < 1.29 is 9.53 Å². The number of nitrogens with zero attached hydrogens (tertiary/aromatic N) is 1. The summed E-state index contributed by atoms with van der Waals surface area (Å²) in [7, 11) is 0. The molecule has 2 unspecified atom stereocenters. The predicted octanol–water partition coefficient (Wildman–Crippen LogP) is 3.80. The first-order valence-corrected chi connectivity index (χ1v) is 8.91. The Labute approximate surface area is 136 Å². The van der Waals surface area contributed by atoms with Gasteiger partial charge in [0.25, 0.3) is 0 Å². The summed E-state index contributed by atoms with van der Waals surface area (Å²) >= 11 is 0. The summed E-state index contributed by atoms with van der Waals surface area (Å²) in [5, 5.41) is 3.68. The van der Waals surface area contributed by atoms with Crippen LogP contribution in [0.1, 0.15) is 66.7 Å². The molecular formula is C18H34N2O2. The van der Waals surface area contributed by atoms with Crippen LogP contribution in [-0.2, 0) is 4.74 Å². The lowest BCUT2D eigenvalue weighted by Crippen LogP contribution is -2.43. The van der Waals surface area contributed by atoms with Crippen LogP contribution in [0.2, 0.25) is 0 Å². The molecule has 1 aliphatic carbocycles. The van der Waals surface area contributed by atoms with Gasteiger partial charge in [0.05, 0.1) is 0 Å². The van der Waals surface area contributed by atoms with Crippen LogP contribution in [0.4, 0.5) is 4.79 Å². The van der Waals surface area contributed by atoms with Crippen molar-refractivity contribution in [2.75, 3.05) is 19.6 Å². The van der Waals surface area contributed by atoms with E-state index in [1.54, 1.807) is 0 Å². The summed E-state index contributed by atoms with van der Waals surface area (Å²) < 4.78 is 5.49. The van der Waals surface area contributed by atoms with Crippen molar-refractivity contribution in [3.8, 4) is 0 Å². The zero-order valence-corrected chi connectivity index (χ0v) is 15.1. The molecule has 0 bridgehead atoms. The summed E-state index contributed by atoms with van der Waals surface area (Å²) in [6.07, 6.45) is 6.04. The molecule has 2 atom stereocenters. The Morgan fingerprint density at radius 2 is 2.09 bits per heavy atom. The molecule has 1 aliphatic heterocycles. The van der Waals surface area contributed by atoms with Gasteiger partial charge in [0.1, 0.15) is 5.60 Å². The normalized spacial score (nSPS) is 25.7. The number of piperidine rings is 1. The molecule has 2 rings (SSSR count). The van der Waals surface area contributed by atoms with Crippen LogP contribution >= 0.6 is 0 Å². The van der Waals surface area contributed by atoms with Crippen LogP contribution in [0.3, 0.4) is 0 Å². The molecule has 22 heavy (non-hydrogen) atoms. The molecule has 128 valence electrons. The minimum absolute atomic E-state index is 0.149. The Bertz CT molecular complexity index is 385. The molecule has 2 fully saturated rings. The second kappa shape index (κ2) is 6.77. The number of carbonyl (C=O) groups is 1. The van der Waals surface area contributed by atoms with E-state index < -0.39 is 5.60 Å². The third-order valence-electron chi connectivity index (χ3n) is 5.26. The summed E-state index contributed by atoms with van der Waals surface area (Å²) in [4.78, 5) is 14.1. The number of rotatable bonds is 5. The average molecular weight is 310 g/mol. The Morgan fingerprint density at radius 3 is 2.68 bits per heavy atom. The van der Waals surface area contributed by atoms with Crippen molar-refractivity contribution in [3.63, 3.8) is 0 Å². The molecule has 0 aromatic rings. The summed E-state index contributed by atoms with van der Waals surface area (Å²) in [6, 6.07) is 0.609. The van der Waals surface area contributed by atoms with Gasteiger partial charge in [-0.15, -0.1) is 0 Å². The first-order valence-electron chi connectivity index (χ1n) is 8.91. The number of likely N-dealkylation sites (tertiary alicyclic amines) is 1. The SMILES string of the molecule is CC(NCCC1CCCN(C(=O)OC(C)(C)C)C1)C1(C)CC1. The van der Waals surface area contributed by atoms with Crippen LogP contribution in [0.5, 0.6) is 0 Å². The number of carbonyl (C=O) groups excluding carboxylic acids is 1. The van der Waals surface area contributed by atoms with Crippen molar-refractivity contribution in [1.29, 1.82) is 0 Å². The van der Waals surface area contributed by atoms with E-state index in [4.69, 9.17) is 4.74 Å². The summed E-state index contributed by atoms with van der Waals surface area (Å²) in [5.41, 5.74) is 0.135. The standard InChI is InChI=1S/C18H34N2O2/c1-14(18(5)9-10-18)19-11-8-15-7-6-12-20(13-15)16(21)22-17(2,3)4/h14-15,19H,6-13H2,1-5H3. The molecule has 0 aromatic heterocycles. The van der Waals surface area contributed by atoms with Crippen LogP contribution < -0.4 is 5.32 Å². The molecule has 4 heteroatoms. The van der Waals surface area contributed by atoms with E-state index in [2.05, 4.69) is 19.2 Å². The molecular weight excluding hydrogens is 276 g/mol. The third kappa shape index (κ3) is 5.15. The molecule has 1 heterocycles. The highest BCUT2D eigenvalue weighted by atomic mass is 16.6. The van der Waals surface area contributed by atoms with Crippen LogP contribution in [0.15, 0.2) is 0 Å². The van der Waals surface area contributed by atoms with Crippen molar-refractivity contribution >= 4 is 6.09 Å². The lowest BCUT2D eigenvalue weighted by atomic mass is 9.94. The highest BCUT2D eigenvalue weighted by molar-refractivity contribution is 5.68. The maximum Gasteiger partial charge on any atom is 0.410 e. The van der Waals surface area contributed by atoms with Gasteiger partial charge >= 0.3 is 6.09 Å². The molecule has 0 aromatic carbocycles. The van der Waals surface area contributed by atoms with E-state index in [9.17, 15) is 4.79 Å². The van der Waals surface area contributed by atoms with Gasteiger partial charge in [-0.2, -0.15) is 0 Å². The van der Waals surface area contributed by atoms with Crippen molar-refractivity contribution in [1.82, 2.24) is 10.2 Å². The molecule has 0 spiro atoms. The first kappa shape index (κ1) is 17.6. The fraction of sp³-hybridized carbons (Fsp3) is 0.944. The fourth-order valence-electron chi connectivity index (χ4n) is 3.17. The number of amides is 1. The Hall–Kier alpha value is -0.770. The Kier molecular flexibility index (Phi) is 5.41. The van der Waals surface area contributed by atoms with Gasteiger partial charge in [-0.25, -0.2) is 4.79 Å². The highest BCUT2D eigenvalue weighted by Gasteiger charge is 2.42. The minimum Gasteiger partial charge on any atom is -0.444 e. The number of hydrogen-bond donors (Lipinski definition) is 1. The van der Waals surface area contributed by atoms with E-state index in [0.717, 1.165) is 32.5 Å². The van der Waals surface area contributed by atoms with Crippen molar-refractivity contribution in [2.24, 2.45) is 11.3 Å². The highest BCUT2D eigenvalue weighted by Crippen LogP contribution is 2.47. The minimum atomic E-state index is -0.402. The van der Waals surface area contributed by atoms with E-state index in [-0.39, 0.29) is 6.09 Å².